The maximum Gasteiger partial charge on any atom is 0.133 e. The number of rotatable bonds is 1. The molecule has 0 spiro atoms. The van der Waals surface area contributed by atoms with Gasteiger partial charge in [-0.1, -0.05) is 19.1 Å². The van der Waals surface area contributed by atoms with Crippen molar-refractivity contribution in [1.29, 1.82) is 0 Å². The summed E-state index contributed by atoms with van der Waals surface area (Å²) in [5.41, 5.74) is 2.57. The van der Waals surface area contributed by atoms with Gasteiger partial charge in [0.1, 0.15) is 5.82 Å². The van der Waals surface area contributed by atoms with Crippen LogP contribution in [0.4, 0.5) is 5.82 Å². The highest BCUT2D eigenvalue weighted by molar-refractivity contribution is 5.52. The minimum Gasteiger partial charge on any atom is -0.344 e. The van der Waals surface area contributed by atoms with Gasteiger partial charge in [0, 0.05) is 11.9 Å². The molecule has 0 unspecified atom stereocenters. The molecule has 1 aromatic rings. The normalized spacial score (nSPS) is 14.6. The smallest absolute Gasteiger partial charge is 0.133 e. The van der Waals surface area contributed by atoms with Crippen LogP contribution in [0.5, 0.6) is 0 Å². The zero-order chi connectivity index (χ0) is 8.39. The average Bonchev–Trinajstić information content (AvgIpc) is 2.17. The molecule has 2 heteroatoms. The fourth-order valence-corrected chi connectivity index (χ4v) is 1.38. The Morgan fingerprint density at radius 2 is 2.50 bits per heavy atom. The van der Waals surface area contributed by atoms with E-state index < -0.39 is 0 Å². The minimum absolute atomic E-state index is 1.01. The predicted molar refractivity (Wildman–Crippen MR) is 49.9 cm³/mol. The zero-order valence-electron chi connectivity index (χ0n) is 7.17. The third kappa shape index (κ3) is 1.20. The van der Waals surface area contributed by atoms with Crippen molar-refractivity contribution in [1.82, 2.24) is 4.98 Å². The molecule has 0 saturated heterocycles. The molecule has 0 aliphatic carbocycles. The summed E-state index contributed by atoms with van der Waals surface area (Å²) in [4.78, 5) is 4.27. The number of fused-ring (bicyclic) bond motifs is 1. The first kappa shape index (κ1) is 7.35. The maximum absolute atomic E-state index is 4.27. The molecule has 12 heavy (non-hydrogen) atoms. The van der Waals surface area contributed by atoms with Gasteiger partial charge in [0.25, 0.3) is 0 Å². The van der Waals surface area contributed by atoms with Crippen LogP contribution in [0.3, 0.4) is 0 Å². The molecule has 0 amide bonds. The van der Waals surface area contributed by atoms with Gasteiger partial charge < -0.3 is 5.32 Å². The Labute approximate surface area is 72.3 Å². The molecule has 1 aliphatic rings. The monoisotopic (exact) mass is 160 g/mol. The van der Waals surface area contributed by atoms with E-state index in [1.54, 1.807) is 0 Å². The SMILES string of the molecule is CCC1=CCc2cccnc2N1. The van der Waals surface area contributed by atoms with E-state index in [-0.39, 0.29) is 0 Å². The quantitative estimate of drug-likeness (QED) is 0.682. The Morgan fingerprint density at radius 1 is 1.58 bits per heavy atom. The van der Waals surface area contributed by atoms with Crippen LogP contribution >= 0.6 is 0 Å². The Hall–Kier alpha value is -1.31. The lowest BCUT2D eigenvalue weighted by molar-refractivity contribution is 1.02. The first-order valence-corrected chi connectivity index (χ1v) is 4.30. The van der Waals surface area contributed by atoms with E-state index in [2.05, 4.69) is 29.4 Å². The Balaban J connectivity index is 2.31. The van der Waals surface area contributed by atoms with Crippen molar-refractivity contribution in [3.63, 3.8) is 0 Å². The first-order chi connectivity index (χ1) is 5.90. The molecule has 2 rings (SSSR count). The zero-order valence-corrected chi connectivity index (χ0v) is 7.17. The lowest BCUT2D eigenvalue weighted by atomic mass is 10.1. The summed E-state index contributed by atoms with van der Waals surface area (Å²) in [7, 11) is 0. The third-order valence-electron chi connectivity index (χ3n) is 2.12. The van der Waals surface area contributed by atoms with Gasteiger partial charge in [-0.05, 0) is 24.5 Å². The van der Waals surface area contributed by atoms with Gasteiger partial charge >= 0.3 is 0 Å². The fraction of sp³-hybridized carbons (Fsp3) is 0.300. The molecule has 0 atom stereocenters. The molecular weight excluding hydrogens is 148 g/mol. The molecule has 1 N–H and O–H groups in total. The van der Waals surface area contributed by atoms with Gasteiger partial charge in [0.15, 0.2) is 0 Å². The van der Waals surface area contributed by atoms with E-state index in [1.807, 2.05) is 12.3 Å². The Bertz CT molecular complexity index is 315. The van der Waals surface area contributed by atoms with E-state index in [9.17, 15) is 0 Å². The summed E-state index contributed by atoms with van der Waals surface area (Å²) < 4.78 is 0. The van der Waals surface area contributed by atoms with E-state index in [4.69, 9.17) is 0 Å². The van der Waals surface area contributed by atoms with Crippen LogP contribution in [0.2, 0.25) is 0 Å². The van der Waals surface area contributed by atoms with Gasteiger partial charge in [0.2, 0.25) is 0 Å². The summed E-state index contributed by atoms with van der Waals surface area (Å²) in [6, 6.07) is 4.09. The van der Waals surface area contributed by atoms with Gasteiger partial charge in [-0.25, -0.2) is 4.98 Å². The summed E-state index contributed by atoms with van der Waals surface area (Å²) >= 11 is 0. The van der Waals surface area contributed by atoms with E-state index in [0.29, 0.717) is 0 Å². The second-order valence-electron chi connectivity index (χ2n) is 2.92. The van der Waals surface area contributed by atoms with Crippen molar-refractivity contribution >= 4 is 5.82 Å². The highest BCUT2D eigenvalue weighted by atomic mass is 15.0. The van der Waals surface area contributed by atoms with Crippen LogP contribution in [0.1, 0.15) is 18.9 Å². The van der Waals surface area contributed by atoms with Crippen molar-refractivity contribution in [2.75, 3.05) is 5.32 Å². The first-order valence-electron chi connectivity index (χ1n) is 4.30. The number of nitrogens with zero attached hydrogens (tertiary/aromatic N) is 1. The molecule has 62 valence electrons. The van der Waals surface area contributed by atoms with E-state index in [0.717, 1.165) is 18.7 Å². The molecule has 0 bridgehead atoms. The van der Waals surface area contributed by atoms with Crippen molar-refractivity contribution < 1.29 is 0 Å². The van der Waals surface area contributed by atoms with Crippen molar-refractivity contribution in [3.8, 4) is 0 Å². The Morgan fingerprint density at radius 3 is 3.33 bits per heavy atom. The summed E-state index contributed by atoms with van der Waals surface area (Å²) in [5.74, 6) is 1.02. The van der Waals surface area contributed by atoms with Crippen LogP contribution in [0.15, 0.2) is 30.1 Å². The number of aromatic nitrogens is 1. The number of hydrogen-bond acceptors (Lipinski definition) is 2. The Kier molecular flexibility index (Phi) is 1.82. The van der Waals surface area contributed by atoms with E-state index >= 15 is 0 Å². The van der Waals surface area contributed by atoms with E-state index in [1.165, 1.54) is 11.3 Å². The molecule has 0 aromatic carbocycles. The maximum atomic E-state index is 4.27. The van der Waals surface area contributed by atoms with Crippen LogP contribution in [-0.4, -0.2) is 4.98 Å². The number of pyridine rings is 1. The van der Waals surface area contributed by atoms with Crippen LogP contribution < -0.4 is 5.32 Å². The molecule has 1 aromatic heterocycles. The van der Waals surface area contributed by atoms with Gasteiger partial charge in [-0.2, -0.15) is 0 Å². The molecule has 1 aliphatic heterocycles. The largest absolute Gasteiger partial charge is 0.344 e. The summed E-state index contributed by atoms with van der Waals surface area (Å²) in [6.45, 7) is 2.15. The highest BCUT2D eigenvalue weighted by Crippen LogP contribution is 2.20. The minimum atomic E-state index is 1.01. The summed E-state index contributed by atoms with van der Waals surface area (Å²) in [5, 5.41) is 3.30. The number of nitrogens with one attached hydrogen (secondary N) is 1. The predicted octanol–water partition coefficient (Wildman–Crippen LogP) is 2.34. The van der Waals surface area contributed by atoms with Crippen LogP contribution in [0.25, 0.3) is 0 Å². The molecule has 2 heterocycles. The van der Waals surface area contributed by atoms with Gasteiger partial charge in [0.05, 0.1) is 0 Å². The average molecular weight is 160 g/mol. The standard InChI is InChI=1S/C10H12N2/c1-2-9-6-5-8-4-3-7-11-10(8)12-9/h3-4,6-7H,2,5H2,1H3,(H,11,12). The van der Waals surface area contributed by atoms with Crippen molar-refractivity contribution in [3.05, 3.63) is 35.7 Å². The number of allylic oxidation sites excluding steroid dienone is 2. The summed E-state index contributed by atoms with van der Waals surface area (Å²) in [6.07, 6.45) is 6.11. The van der Waals surface area contributed by atoms with Crippen molar-refractivity contribution in [2.45, 2.75) is 19.8 Å². The lowest BCUT2D eigenvalue weighted by Crippen LogP contribution is -2.08. The molecule has 0 saturated carbocycles. The lowest BCUT2D eigenvalue weighted by Gasteiger charge is -2.16. The van der Waals surface area contributed by atoms with Gasteiger partial charge in [-0.3, -0.25) is 0 Å². The molecule has 2 nitrogen and oxygen atoms in total. The fourth-order valence-electron chi connectivity index (χ4n) is 1.38. The molecule has 0 radical (unpaired) electrons. The number of hydrogen-bond donors (Lipinski definition) is 1. The van der Waals surface area contributed by atoms with Crippen LogP contribution in [0, 0.1) is 0 Å². The second kappa shape index (κ2) is 2.97. The molecular formula is C10H12N2. The third-order valence-corrected chi connectivity index (χ3v) is 2.12. The van der Waals surface area contributed by atoms with Crippen LogP contribution in [-0.2, 0) is 6.42 Å². The topological polar surface area (TPSA) is 24.9 Å². The number of anilines is 1. The van der Waals surface area contributed by atoms with Gasteiger partial charge in [-0.15, -0.1) is 0 Å². The second-order valence-corrected chi connectivity index (χ2v) is 2.92. The molecule has 0 fully saturated rings. The van der Waals surface area contributed by atoms with Crippen molar-refractivity contribution in [2.24, 2.45) is 0 Å². The highest BCUT2D eigenvalue weighted by Gasteiger charge is 2.08.